The van der Waals surface area contributed by atoms with Crippen LogP contribution in [0, 0.1) is 5.41 Å². The molecule has 0 unspecified atom stereocenters. The third kappa shape index (κ3) is 4.53. The van der Waals surface area contributed by atoms with Crippen molar-refractivity contribution in [1.29, 1.82) is 0 Å². The minimum atomic E-state index is -0.208. The summed E-state index contributed by atoms with van der Waals surface area (Å²) >= 11 is 0. The second-order valence-electron chi connectivity index (χ2n) is 8.90. The average Bonchev–Trinajstić information content (AvgIpc) is 3.04. The smallest absolute Gasteiger partial charge is 0.312 e. The molecule has 1 atom stereocenters. The molecule has 0 N–H and O–H groups in total. The number of ether oxygens (including phenoxy) is 1. The lowest BCUT2D eigenvalue weighted by atomic mass is 9.79. The maximum atomic E-state index is 12.2. The predicted octanol–water partition coefficient (Wildman–Crippen LogP) is 4.83. The van der Waals surface area contributed by atoms with Gasteiger partial charge in [0, 0.05) is 38.3 Å². The molecule has 0 aliphatic carbocycles. The van der Waals surface area contributed by atoms with Crippen LogP contribution in [0.1, 0.15) is 71.3 Å². The van der Waals surface area contributed by atoms with Gasteiger partial charge in [-0.25, -0.2) is 0 Å². The summed E-state index contributed by atoms with van der Waals surface area (Å²) in [6, 6.07) is 8.84. The molecule has 2 aliphatic rings. The maximum Gasteiger partial charge on any atom is 0.312 e. The van der Waals surface area contributed by atoms with Crippen LogP contribution in [0.5, 0.6) is 0 Å². The molecule has 1 aromatic carbocycles. The summed E-state index contributed by atoms with van der Waals surface area (Å²) in [5, 5.41) is 0. The third-order valence-electron chi connectivity index (χ3n) is 6.95. The van der Waals surface area contributed by atoms with Gasteiger partial charge in [0.15, 0.2) is 0 Å². The SMILES string of the molecule is CCC1(CC)C[C@H](CCCN2CCN(c3ccccc3C(C)C)CC2)OC1=O. The molecule has 2 aliphatic heterocycles. The topological polar surface area (TPSA) is 32.8 Å². The van der Waals surface area contributed by atoms with Gasteiger partial charge in [-0.1, -0.05) is 45.9 Å². The average molecular weight is 387 g/mol. The van der Waals surface area contributed by atoms with Crippen LogP contribution in [0.4, 0.5) is 5.69 Å². The maximum absolute atomic E-state index is 12.2. The first-order valence-corrected chi connectivity index (χ1v) is 11.3. The van der Waals surface area contributed by atoms with Crippen molar-refractivity contribution in [2.45, 2.75) is 71.8 Å². The Hall–Kier alpha value is -1.55. The van der Waals surface area contributed by atoms with Crippen molar-refractivity contribution in [2.75, 3.05) is 37.6 Å². The minimum absolute atomic E-state index is 0.0416. The van der Waals surface area contributed by atoms with E-state index in [1.165, 1.54) is 11.3 Å². The Morgan fingerprint density at radius 2 is 1.79 bits per heavy atom. The Balaban J connectivity index is 1.43. The molecule has 0 aromatic heterocycles. The van der Waals surface area contributed by atoms with Crippen LogP contribution in [-0.4, -0.2) is 49.7 Å². The van der Waals surface area contributed by atoms with Crippen LogP contribution in [0.3, 0.4) is 0 Å². The Labute approximate surface area is 171 Å². The number of hydrogen-bond donors (Lipinski definition) is 0. The molecule has 0 bridgehead atoms. The molecule has 2 heterocycles. The predicted molar refractivity (Wildman–Crippen MR) is 116 cm³/mol. The molecular formula is C24H38N2O2. The Morgan fingerprint density at radius 3 is 2.39 bits per heavy atom. The highest BCUT2D eigenvalue weighted by Crippen LogP contribution is 2.41. The number of carbonyl (C=O) groups is 1. The first-order chi connectivity index (χ1) is 13.5. The van der Waals surface area contributed by atoms with Gasteiger partial charge in [-0.05, 0) is 49.8 Å². The summed E-state index contributed by atoms with van der Waals surface area (Å²) in [6.45, 7) is 14.3. The monoisotopic (exact) mass is 386 g/mol. The number of rotatable bonds is 8. The van der Waals surface area contributed by atoms with Crippen molar-refractivity contribution in [2.24, 2.45) is 5.41 Å². The van der Waals surface area contributed by atoms with Crippen LogP contribution in [0.25, 0.3) is 0 Å². The molecule has 3 rings (SSSR count). The van der Waals surface area contributed by atoms with E-state index < -0.39 is 0 Å². The van der Waals surface area contributed by atoms with Crippen molar-refractivity contribution in [3.05, 3.63) is 29.8 Å². The second-order valence-corrected chi connectivity index (χ2v) is 8.90. The van der Waals surface area contributed by atoms with Gasteiger partial charge in [-0.15, -0.1) is 0 Å². The van der Waals surface area contributed by atoms with Crippen molar-refractivity contribution < 1.29 is 9.53 Å². The van der Waals surface area contributed by atoms with Gasteiger partial charge >= 0.3 is 5.97 Å². The lowest BCUT2D eigenvalue weighted by Crippen LogP contribution is -2.47. The number of benzene rings is 1. The zero-order chi connectivity index (χ0) is 20.1. The minimum Gasteiger partial charge on any atom is -0.462 e. The Morgan fingerprint density at radius 1 is 1.11 bits per heavy atom. The van der Waals surface area contributed by atoms with E-state index in [4.69, 9.17) is 4.74 Å². The highest BCUT2D eigenvalue weighted by atomic mass is 16.6. The lowest BCUT2D eigenvalue weighted by molar-refractivity contribution is -0.149. The first kappa shape index (κ1) is 21.2. The van der Waals surface area contributed by atoms with E-state index in [0.29, 0.717) is 5.92 Å². The van der Waals surface area contributed by atoms with Gasteiger partial charge in [0.25, 0.3) is 0 Å². The number of carbonyl (C=O) groups excluding carboxylic acids is 1. The normalized spacial score (nSPS) is 22.7. The summed E-state index contributed by atoms with van der Waals surface area (Å²) in [7, 11) is 0. The van der Waals surface area contributed by atoms with Crippen molar-refractivity contribution in [1.82, 2.24) is 4.90 Å². The number of esters is 1. The first-order valence-electron chi connectivity index (χ1n) is 11.3. The van der Waals surface area contributed by atoms with Gasteiger partial charge < -0.3 is 9.64 Å². The number of hydrogen-bond acceptors (Lipinski definition) is 4. The van der Waals surface area contributed by atoms with E-state index in [1.807, 2.05) is 0 Å². The molecule has 4 heteroatoms. The Bertz CT molecular complexity index is 646. The highest BCUT2D eigenvalue weighted by molar-refractivity contribution is 5.78. The van der Waals surface area contributed by atoms with Gasteiger partial charge in [0.1, 0.15) is 6.10 Å². The van der Waals surface area contributed by atoms with Crippen molar-refractivity contribution >= 4 is 11.7 Å². The fourth-order valence-corrected chi connectivity index (χ4v) is 4.84. The number of piperazine rings is 1. The number of nitrogens with zero attached hydrogens (tertiary/aromatic N) is 2. The van der Waals surface area contributed by atoms with E-state index in [2.05, 4.69) is 61.8 Å². The number of para-hydroxylation sites is 1. The molecule has 2 fully saturated rings. The van der Waals surface area contributed by atoms with Crippen LogP contribution in [-0.2, 0) is 9.53 Å². The fraction of sp³-hybridized carbons (Fsp3) is 0.708. The zero-order valence-corrected chi connectivity index (χ0v) is 18.2. The highest BCUT2D eigenvalue weighted by Gasteiger charge is 2.45. The molecule has 28 heavy (non-hydrogen) atoms. The van der Waals surface area contributed by atoms with E-state index in [0.717, 1.165) is 64.8 Å². The van der Waals surface area contributed by atoms with Gasteiger partial charge in [-0.3, -0.25) is 9.69 Å². The van der Waals surface area contributed by atoms with E-state index in [1.54, 1.807) is 0 Å². The molecule has 4 nitrogen and oxygen atoms in total. The molecule has 2 saturated heterocycles. The summed E-state index contributed by atoms with van der Waals surface area (Å²) in [4.78, 5) is 17.4. The van der Waals surface area contributed by atoms with Gasteiger partial charge in [0.2, 0.25) is 0 Å². The second kappa shape index (κ2) is 9.30. The molecule has 0 amide bonds. The van der Waals surface area contributed by atoms with Gasteiger partial charge in [0.05, 0.1) is 5.41 Å². The fourth-order valence-electron chi connectivity index (χ4n) is 4.84. The number of anilines is 1. The van der Waals surface area contributed by atoms with Crippen molar-refractivity contribution in [3.63, 3.8) is 0 Å². The van der Waals surface area contributed by atoms with E-state index >= 15 is 0 Å². The quantitative estimate of drug-likeness (QED) is 0.599. The van der Waals surface area contributed by atoms with Crippen LogP contribution in [0.2, 0.25) is 0 Å². The van der Waals surface area contributed by atoms with E-state index in [9.17, 15) is 4.79 Å². The summed E-state index contributed by atoms with van der Waals surface area (Å²) in [5.41, 5.74) is 2.65. The third-order valence-corrected chi connectivity index (χ3v) is 6.95. The molecule has 0 saturated carbocycles. The largest absolute Gasteiger partial charge is 0.462 e. The van der Waals surface area contributed by atoms with Crippen LogP contribution >= 0.6 is 0 Å². The summed E-state index contributed by atoms with van der Waals surface area (Å²) in [6.07, 6.45) is 4.97. The van der Waals surface area contributed by atoms with Crippen LogP contribution in [0.15, 0.2) is 24.3 Å². The van der Waals surface area contributed by atoms with Crippen LogP contribution < -0.4 is 4.90 Å². The number of cyclic esters (lactones) is 1. The molecular weight excluding hydrogens is 348 g/mol. The molecule has 156 valence electrons. The standard InChI is InChI=1S/C24H38N2O2/c1-5-24(6-2)18-20(28-23(24)27)10-9-13-25-14-16-26(17-15-25)22-12-8-7-11-21(22)19(3)4/h7-8,11-12,19-20H,5-6,9-10,13-18H2,1-4H3/t20-/m0/s1. The van der Waals surface area contributed by atoms with E-state index in [-0.39, 0.29) is 17.5 Å². The zero-order valence-electron chi connectivity index (χ0n) is 18.2. The molecule has 0 spiro atoms. The van der Waals surface area contributed by atoms with Gasteiger partial charge in [-0.2, -0.15) is 0 Å². The van der Waals surface area contributed by atoms with Crippen molar-refractivity contribution in [3.8, 4) is 0 Å². The summed E-state index contributed by atoms with van der Waals surface area (Å²) in [5.74, 6) is 0.599. The Kier molecular flexibility index (Phi) is 7.03. The summed E-state index contributed by atoms with van der Waals surface area (Å²) < 4.78 is 5.69. The molecule has 1 aromatic rings. The lowest BCUT2D eigenvalue weighted by Gasteiger charge is -2.37. The molecule has 0 radical (unpaired) electrons.